The number of nitrogens with zero attached hydrogens (tertiary/aromatic N) is 2. The predicted octanol–water partition coefficient (Wildman–Crippen LogP) is 0.171. The summed E-state index contributed by atoms with van der Waals surface area (Å²) in [4.78, 5) is 62.5. The molecule has 1 unspecified atom stereocenters. The Morgan fingerprint density at radius 1 is 1.27 bits per heavy atom. The van der Waals surface area contributed by atoms with E-state index in [1.54, 1.807) is 20.8 Å². The second kappa shape index (κ2) is 11.1. The van der Waals surface area contributed by atoms with Crippen LogP contribution >= 0.6 is 27.7 Å². The fraction of sp³-hybridized carbons (Fsp3) is 0.579. The van der Waals surface area contributed by atoms with Crippen LogP contribution in [0.15, 0.2) is 16.4 Å². The first kappa shape index (κ1) is 26.8. The maximum Gasteiger partial charge on any atom is 0.358 e. The number of rotatable bonds is 9. The lowest BCUT2D eigenvalue weighted by atomic mass is 9.98. The molecule has 2 aliphatic rings. The standard InChI is InChI=1S/C19H24BrN3O9S/c1-19(2,3)18(28)32-8-31-17(27)13-9(6-30-4)7-33-16-12(15(26)23(13)16)21-14(25)11(22-29)10(24)5-20/h12,16,29H,5-8H2,1-4H3,(H,21,25)/b22-11-/t12?,16-/m1/s1. The molecule has 33 heavy (non-hydrogen) atoms. The van der Waals surface area contributed by atoms with Gasteiger partial charge in [0.25, 0.3) is 11.8 Å². The van der Waals surface area contributed by atoms with Gasteiger partial charge in [-0.25, -0.2) is 4.79 Å². The summed E-state index contributed by atoms with van der Waals surface area (Å²) < 4.78 is 15.1. The highest BCUT2D eigenvalue weighted by atomic mass is 79.9. The van der Waals surface area contributed by atoms with E-state index < -0.39 is 58.9 Å². The van der Waals surface area contributed by atoms with Crippen LogP contribution in [-0.4, -0.2) is 88.4 Å². The first-order valence-corrected chi connectivity index (χ1v) is 11.8. The SMILES string of the molecule is COCC1=C(C(=O)OCOC(=O)C(C)(C)C)N2C(=O)C(NC(=O)/C(=N\O)C(=O)CBr)[C@H]2SC1. The number of thioether (sulfide) groups is 1. The van der Waals surface area contributed by atoms with Crippen LogP contribution in [0.25, 0.3) is 0 Å². The number of ketones is 1. The van der Waals surface area contributed by atoms with Crippen LogP contribution in [0.5, 0.6) is 0 Å². The first-order chi connectivity index (χ1) is 15.5. The van der Waals surface area contributed by atoms with Gasteiger partial charge in [0.15, 0.2) is 0 Å². The Morgan fingerprint density at radius 3 is 2.48 bits per heavy atom. The van der Waals surface area contributed by atoms with Crippen LogP contribution in [0.2, 0.25) is 0 Å². The lowest BCUT2D eigenvalue weighted by Gasteiger charge is -2.49. The van der Waals surface area contributed by atoms with E-state index in [2.05, 4.69) is 26.4 Å². The zero-order chi connectivity index (χ0) is 24.9. The average molecular weight is 550 g/mol. The van der Waals surface area contributed by atoms with Gasteiger partial charge in [-0.3, -0.25) is 24.1 Å². The molecule has 0 bridgehead atoms. The molecule has 12 nitrogen and oxygen atoms in total. The fourth-order valence-corrected chi connectivity index (χ4v) is 4.47. The van der Waals surface area contributed by atoms with Gasteiger partial charge >= 0.3 is 11.9 Å². The van der Waals surface area contributed by atoms with E-state index in [1.807, 2.05) is 0 Å². The molecule has 2 atom stereocenters. The highest BCUT2D eigenvalue weighted by molar-refractivity contribution is 9.09. The minimum Gasteiger partial charge on any atom is -0.427 e. The molecule has 182 valence electrons. The number of alkyl halides is 1. The van der Waals surface area contributed by atoms with Crippen molar-refractivity contribution in [3.05, 3.63) is 11.3 Å². The lowest BCUT2D eigenvalue weighted by molar-refractivity contribution is -0.173. The summed E-state index contributed by atoms with van der Waals surface area (Å²) in [5, 5.41) is 13.1. The summed E-state index contributed by atoms with van der Waals surface area (Å²) in [5.74, 6) is -3.59. The predicted molar refractivity (Wildman–Crippen MR) is 118 cm³/mol. The van der Waals surface area contributed by atoms with E-state index in [-0.39, 0.29) is 17.6 Å². The first-order valence-electron chi connectivity index (χ1n) is 9.60. The van der Waals surface area contributed by atoms with Crippen LogP contribution < -0.4 is 5.32 Å². The molecule has 0 aliphatic carbocycles. The number of esters is 2. The Morgan fingerprint density at radius 2 is 1.94 bits per heavy atom. The number of nitrogens with one attached hydrogen (secondary N) is 1. The van der Waals surface area contributed by atoms with Crippen molar-refractivity contribution in [2.45, 2.75) is 32.2 Å². The highest BCUT2D eigenvalue weighted by Gasteiger charge is 2.54. The van der Waals surface area contributed by atoms with Crippen LogP contribution in [0.1, 0.15) is 20.8 Å². The van der Waals surface area contributed by atoms with Crippen molar-refractivity contribution in [3.8, 4) is 0 Å². The second-order valence-electron chi connectivity index (χ2n) is 7.98. The van der Waals surface area contributed by atoms with E-state index in [0.29, 0.717) is 11.3 Å². The Hall–Kier alpha value is -2.45. The third-order valence-corrected chi connectivity index (χ3v) is 6.39. The zero-order valence-electron chi connectivity index (χ0n) is 18.4. The number of β-lactam (4-membered cyclic amide) rings is 1. The molecule has 2 aliphatic heterocycles. The van der Waals surface area contributed by atoms with Crippen molar-refractivity contribution in [2.24, 2.45) is 10.6 Å². The van der Waals surface area contributed by atoms with E-state index in [9.17, 15) is 24.0 Å². The maximum absolute atomic E-state index is 12.8. The highest BCUT2D eigenvalue weighted by Crippen LogP contribution is 2.40. The lowest BCUT2D eigenvalue weighted by Crippen LogP contribution is -2.71. The van der Waals surface area contributed by atoms with Gasteiger partial charge in [-0.2, -0.15) is 0 Å². The maximum atomic E-state index is 12.8. The number of halogens is 1. The normalized spacial score (nSPS) is 20.6. The van der Waals surface area contributed by atoms with E-state index in [1.165, 1.54) is 18.9 Å². The molecule has 2 N–H and O–H groups in total. The van der Waals surface area contributed by atoms with Crippen molar-refractivity contribution in [2.75, 3.05) is 31.6 Å². The van der Waals surface area contributed by atoms with Crippen molar-refractivity contribution in [3.63, 3.8) is 0 Å². The van der Waals surface area contributed by atoms with Crippen molar-refractivity contribution in [1.82, 2.24) is 10.2 Å². The summed E-state index contributed by atoms with van der Waals surface area (Å²) in [6.45, 7) is 4.35. The number of Topliss-reactive ketones (excluding diaryl/α,β-unsaturated/α-hetero) is 1. The largest absolute Gasteiger partial charge is 0.427 e. The second-order valence-corrected chi connectivity index (χ2v) is 9.65. The van der Waals surface area contributed by atoms with Crippen LogP contribution in [-0.2, 0) is 38.2 Å². The van der Waals surface area contributed by atoms with E-state index >= 15 is 0 Å². The molecule has 2 amide bonds. The number of hydrogen-bond acceptors (Lipinski definition) is 11. The van der Waals surface area contributed by atoms with Gasteiger partial charge in [-0.15, -0.1) is 11.8 Å². The third-order valence-electron chi connectivity index (χ3n) is 4.54. The van der Waals surface area contributed by atoms with Gasteiger partial charge in [-0.1, -0.05) is 21.1 Å². The van der Waals surface area contributed by atoms with Gasteiger partial charge in [-0.05, 0) is 26.3 Å². The molecule has 2 rings (SSSR count). The van der Waals surface area contributed by atoms with Gasteiger partial charge in [0.2, 0.25) is 18.3 Å². The average Bonchev–Trinajstić information content (AvgIpc) is 2.76. The molecule has 0 aromatic rings. The molecule has 0 aromatic carbocycles. The van der Waals surface area contributed by atoms with Crippen molar-refractivity contribution >= 4 is 62.9 Å². The molecular formula is C19H24BrN3O9S. The molecule has 1 saturated heterocycles. The number of fused-ring (bicyclic) bond motifs is 1. The summed E-state index contributed by atoms with van der Waals surface area (Å²) in [5.41, 5.74) is -1.12. The van der Waals surface area contributed by atoms with Crippen LogP contribution in [0.4, 0.5) is 0 Å². The van der Waals surface area contributed by atoms with Crippen molar-refractivity contribution < 1.29 is 43.4 Å². The van der Waals surface area contributed by atoms with Gasteiger partial charge in [0, 0.05) is 12.9 Å². The molecular weight excluding hydrogens is 526 g/mol. The van der Waals surface area contributed by atoms with E-state index in [0.717, 1.165) is 4.90 Å². The Labute approximate surface area is 202 Å². The number of hydrogen-bond donors (Lipinski definition) is 2. The zero-order valence-corrected chi connectivity index (χ0v) is 20.8. The summed E-state index contributed by atoms with van der Waals surface area (Å²) in [7, 11) is 1.43. The molecule has 2 heterocycles. The number of oxime groups is 1. The van der Waals surface area contributed by atoms with Crippen molar-refractivity contribution in [1.29, 1.82) is 0 Å². The number of carbonyl (C=O) groups is 5. The van der Waals surface area contributed by atoms with E-state index in [4.69, 9.17) is 19.4 Å². The molecule has 1 fully saturated rings. The van der Waals surface area contributed by atoms with Crippen LogP contribution in [0.3, 0.4) is 0 Å². The van der Waals surface area contributed by atoms with Gasteiger partial charge in [0.1, 0.15) is 17.1 Å². The Kier molecular flexibility index (Phi) is 9.03. The Balaban J connectivity index is 2.14. The smallest absolute Gasteiger partial charge is 0.358 e. The molecule has 0 saturated carbocycles. The fourth-order valence-electron chi connectivity index (χ4n) is 2.88. The van der Waals surface area contributed by atoms with Crippen LogP contribution in [0, 0.1) is 5.41 Å². The number of carbonyl (C=O) groups excluding carboxylic acids is 5. The third kappa shape index (κ3) is 5.92. The number of methoxy groups -OCH3 is 1. The topological polar surface area (TPSA) is 161 Å². The number of amides is 2. The summed E-state index contributed by atoms with van der Waals surface area (Å²) in [6, 6.07) is -1.06. The molecule has 14 heteroatoms. The van der Waals surface area contributed by atoms with Gasteiger partial charge in [0.05, 0.1) is 17.4 Å². The molecule has 0 spiro atoms. The minimum atomic E-state index is -1.06. The Bertz CT molecular complexity index is 913. The summed E-state index contributed by atoms with van der Waals surface area (Å²) >= 11 is 4.14. The summed E-state index contributed by atoms with van der Waals surface area (Å²) in [6.07, 6.45) is 0. The molecule has 0 aromatic heterocycles. The van der Waals surface area contributed by atoms with Gasteiger partial charge < -0.3 is 24.7 Å². The quantitative estimate of drug-likeness (QED) is 0.0592. The monoisotopic (exact) mass is 549 g/mol. The molecule has 0 radical (unpaired) electrons. The number of ether oxygens (including phenoxy) is 3. The minimum absolute atomic E-state index is 0.0494.